The van der Waals surface area contributed by atoms with Gasteiger partial charge in [0.25, 0.3) is 0 Å². The molecule has 1 aromatic heterocycles. The first-order valence-electron chi connectivity index (χ1n) is 12.3. The van der Waals surface area contributed by atoms with Gasteiger partial charge in [-0.25, -0.2) is 0 Å². The monoisotopic (exact) mass is 483 g/mol. The topological polar surface area (TPSA) is 74.7 Å². The lowest BCUT2D eigenvalue weighted by atomic mass is 9.88. The predicted molar refractivity (Wildman–Crippen MR) is 144 cm³/mol. The fourth-order valence-electron chi connectivity index (χ4n) is 4.40. The van der Waals surface area contributed by atoms with Crippen LogP contribution < -0.4 is 10.1 Å². The number of fused-ring (bicyclic) bond motifs is 1. The van der Waals surface area contributed by atoms with Crippen molar-refractivity contribution in [2.24, 2.45) is 0 Å². The summed E-state index contributed by atoms with van der Waals surface area (Å²) in [4.78, 5) is 17.3. The molecule has 6 heteroatoms. The average Bonchev–Trinajstić information content (AvgIpc) is 3.08. The highest BCUT2D eigenvalue weighted by Crippen LogP contribution is 2.40. The fourth-order valence-corrected chi connectivity index (χ4v) is 4.40. The lowest BCUT2D eigenvalue weighted by molar-refractivity contribution is -0.123. The zero-order valence-corrected chi connectivity index (χ0v) is 20.9. The number of carbonyl (C=O) groups excluding carboxylic acids is 1. The highest BCUT2D eigenvalue weighted by Gasteiger charge is 2.20. The van der Waals surface area contributed by atoms with E-state index in [4.69, 9.17) is 4.74 Å². The number of pyridine rings is 1. The molecule has 6 nitrogen and oxygen atoms in total. The first kappa shape index (κ1) is 25.2. The number of allylic oxidation sites excluding steroid dienone is 1. The van der Waals surface area contributed by atoms with Crippen molar-refractivity contribution in [3.05, 3.63) is 101 Å². The second-order valence-corrected chi connectivity index (χ2v) is 9.00. The number of phenols is 1. The van der Waals surface area contributed by atoms with Crippen molar-refractivity contribution < 1.29 is 14.6 Å². The van der Waals surface area contributed by atoms with Gasteiger partial charge in [0.05, 0.1) is 0 Å². The molecule has 0 radical (unpaired) electrons. The molecule has 1 aliphatic carbocycles. The largest absolute Gasteiger partial charge is 0.508 e. The molecule has 186 valence electrons. The summed E-state index contributed by atoms with van der Waals surface area (Å²) in [6.45, 7) is 1.82. The number of aryl methyl sites for hydroxylation is 1. The number of hydrogen-bond donors (Lipinski definition) is 2. The molecule has 0 saturated heterocycles. The summed E-state index contributed by atoms with van der Waals surface area (Å²) in [5.74, 6) is 1.09. The normalized spacial score (nSPS) is 13.4. The summed E-state index contributed by atoms with van der Waals surface area (Å²) in [5, 5.41) is 13.3. The Bertz CT molecular complexity index is 1230. The van der Waals surface area contributed by atoms with Gasteiger partial charge in [0.1, 0.15) is 18.1 Å². The van der Waals surface area contributed by atoms with Crippen LogP contribution in [0.25, 0.3) is 11.1 Å². The van der Waals surface area contributed by atoms with Gasteiger partial charge in [0.15, 0.2) is 0 Å². The molecule has 0 saturated carbocycles. The van der Waals surface area contributed by atoms with Crippen molar-refractivity contribution in [2.75, 3.05) is 33.8 Å². The number of amides is 1. The van der Waals surface area contributed by atoms with Crippen molar-refractivity contribution in [2.45, 2.75) is 19.3 Å². The van der Waals surface area contributed by atoms with E-state index in [-0.39, 0.29) is 5.91 Å². The maximum Gasteiger partial charge on any atom is 0.245 e. The van der Waals surface area contributed by atoms with Gasteiger partial charge in [0, 0.05) is 45.7 Å². The van der Waals surface area contributed by atoms with Gasteiger partial charge in [-0.05, 0) is 89.1 Å². The van der Waals surface area contributed by atoms with Crippen molar-refractivity contribution in [1.29, 1.82) is 0 Å². The highest BCUT2D eigenvalue weighted by atomic mass is 16.5. The molecule has 2 N–H and O–H groups in total. The van der Waals surface area contributed by atoms with Crippen molar-refractivity contribution in [1.82, 2.24) is 15.2 Å². The number of aromatic hydroxyl groups is 1. The second kappa shape index (κ2) is 12.2. The quantitative estimate of drug-likeness (QED) is 0.341. The summed E-state index contributed by atoms with van der Waals surface area (Å²) in [6.07, 6.45) is 9.95. The molecule has 0 spiro atoms. The van der Waals surface area contributed by atoms with Gasteiger partial charge in [-0.3, -0.25) is 9.78 Å². The van der Waals surface area contributed by atoms with Gasteiger partial charge < -0.3 is 20.1 Å². The Kier molecular flexibility index (Phi) is 8.53. The van der Waals surface area contributed by atoms with E-state index in [1.807, 2.05) is 42.7 Å². The Morgan fingerprint density at radius 2 is 1.83 bits per heavy atom. The number of rotatable bonds is 9. The molecule has 1 heterocycles. The molecule has 0 fully saturated rings. The molecule has 3 aromatic rings. The van der Waals surface area contributed by atoms with Crippen LogP contribution >= 0.6 is 0 Å². The molecule has 4 rings (SSSR count). The lowest BCUT2D eigenvalue weighted by Crippen LogP contribution is -2.22. The molecule has 0 unspecified atom stereocenters. The number of hydrogen-bond acceptors (Lipinski definition) is 5. The van der Waals surface area contributed by atoms with Crippen LogP contribution in [0, 0.1) is 0 Å². The van der Waals surface area contributed by atoms with Crippen LogP contribution in [0.5, 0.6) is 11.5 Å². The zero-order chi connectivity index (χ0) is 25.3. The molecule has 0 bridgehead atoms. The SMILES string of the molecule is CN(C)C(=O)/C=C/CNCCOc1ccc(C2=C(c3ccncc3)CCCc3cc(O)ccc32)cc1. The highest BCUT2D eigenvalue weighted by molar-refractivity contribution is 6.00. The molecule has 0 aliphatic heterocycles. The van der Waals surface area contributed by atoms with Crippen molar-refractivity contribution >= 4 is 17.1 Å². The Hall–Kier alpha value is -3.90. The fraction of sp³-hybridized carbons (Fsp3) is 0.267. The third kappa shape index (κ3) is 6.40. The molecule has 2 aromatic carbocycles. The smallest absolute Gasteiger partial charge is 0.245 e. The van der Waals surface area contributed by atoms with Crippen LogP contribution in [-0.4, -0.2) is 54.7 Å². The Balaban J connectivity index is 1.48. The van der Waals surface area contributed by atoms with Crippen LogP contribution in [-0.2, 0) is 11.2 Å². The molecule has 1 amide bonds. The van der Waals surface area contributed by atoms with E-state index in [1.54, 1.807) is 26.2 Å². The minimum Gasteiger partial charge on any atom is -0.508 e. The Morgan fingerprint density at radius 3 is 2.58 bits per heavy atom. The maximum absolute atomic E-state index is 11.5. The maximum atomic E-state index is 11.5. The average molecular weight is 484 g/mol. The summed E-state index contributed by atoms with van der Waals surface area (Å²) >= 11 is 0. The number of likely N-dealkylation sites (N-methyl/N-ethyl adjacent to an activating group) is 1. The third-order valence-corrected chi connectivity index (χ3v) is 6.22. The summed E-state index contributed by atoms with van der Waals surface area (Å²) in [7, 11) is 3.46. The third-order valence-electron chi connectivity index (χ3n) is 6.22. The van der Waals surface area contributed by atoms with E-state index in [2.05, 4.69) is 34.6 Å². The van der Waals surface area contributed by atoms with Gasteiger partial charge in [0.2, 0.25) is 5.91 Å². The van der Waals surface area contributed by atoms with E-state index < -0.39 is 0 Å². The summed E-state index contributed by atoms with van der Waals surface area (Å²) in [6, 6.07) is 18.1. The molecule has 36 heavy (non-hydrogen) atoms. The van der Waals surface area contributed by atoms with Crippen LogP contribution in [0.15, 0.2) is 79.1 Å². The summed E-state index contributed by atoms with van der Waals surface area (Å²) in [5.41, 5.74) is 7.12. The zero-order valence-electron chi connectivity index (χ0n) is 20.9. The first-order chi connectivity index (χ1) is 17.5. The van der Waals surface area contributed by atoms with E-state index in [9.17, 15) is 9.90 Å². The number of nitrogens with one attached hydrogen (secondary N) is 1. The van der Waals surface area contributed by atoms with Crippen LogP contribution in [0.3, 0.4) is 0 Å². The van der Waals surface area contributed by atoms with Crippen LogP contribution in [0.2, 0.25) is 0 Å². The van der Waals surface area contributed by atoms with Crippen molar-refractivity contribution in [3.8, 4) is 11.5 Å². The molecular weight excluding hydrogens is 450 g/mol. The minimum absolute atomic E-state index is 0.0246. The Labute approximate surface area is 213 Å². The molecular formula is C30H33N3O3. The van der Waals surface area contributed by atoms with Crippen LogP contribution in [0.4, 0.5) is 0 Å². The Morgan fingerprint density at radius 1 is 1.06 bits per heavy atom. The number of nitrogens with zero attached hydrogens (tertiary/aromatic N) is 2. The van der Waals surface area contributed by atoms with E-state index in [0.717, 1.165) is 36.1 Å². The van der Waals surface area contributed by atoms with Gasteiger partial charge in [-0.15, -0.1) is 0 Å². The standard InChI is InChI=1S/C30H33N3O3/c1-33(2)29(35)7-4-16-31-19-20-36-26-11-8-23(9-12-26)30-27(22-14-17-32-18-15-22)6-3-5-24-21-25(34)10-13-28(24)30/h4,7-15,17-18,21,31,34H,3,5-6,16,19-20H2,1-2H3/b7-4+. The number of carbonyl (C=O) groups is 1. The lowest BCUT2D eigenvalue weighted by Gasteiger charge is -2.17. The van der Waals surface area contributed by atoms with E-state index in [0.29, 0.717) is 25.4 Å². The van der Waals surface area contributed by atoms with E-state index >= 15 is 0 Å². The van der Waals surface area contributed by atoms with Gasteiger partial charge in [-0.1, -0.05) is 24.3 Å². The second-order valence-electron chi connectivity index (χ2n) is 9.00. The van der Waals surface area contributed by atoms with Gasteiger partial charge >= 0.3 is 0 Å². The van der Waals surface area contributed by atoms with Gasteiger partial charge in [-0.2, -0.15) is 0 Å². The van der Waals surface area contributed by atoms with Crippen LogP contribution in [0.1, 0.15) is 35.1 Å². The molecule has 0 atom stereocenters. The number of ether oxygens (including phenoxy) is 1. The first-order valence-corrected chi connectivity index (χ1v) is 12.3. The van der Waals surface area contributed by atoms with E-state index in [1.165, 1.54) is 27.2 Å². The minimum atomic E-state index is -0.0246. The van der Waals surface area contributed by atoms with Crippen molar-refractivity contribution in [3.63, 3.8) is 0 Å². The number of phenolic OH excluding ortho intramolecular Hbond substituents is 1. The summed E-state index contributed by atoms with van der Waals surface area (Å²) < 4.78 is 5.92. The predicted octanol–water partition coefficient (Wildman–Crippen LogP) is 4.70. The number of aromatic nitrogens is 1. The number of benzene rings is 2. The molecule has 1 aliphatic rings.